The molecular weight excluding hydrogens is 374 g/mol. The molecule has 0 radical (unpaired) electrons. The number of fused-ring (bicyclic) bond motifs is 2. The summed E-state index contributed by atoms with van der Waals surface area (Å²) in [5.41, 5.74) is 3.49. The van der Waals surface area contributed by atoms with Crippen LogP contribution in [0.3, 0.4) is 0 Å². The maximum atomic E-state index is 5.91. The molecule has 0 unspecified atom stereocenters. The molecule has 1 atom stereocenters. The van der Waals surface area contributed by atoms with E-state index < -0.39 is 0 Å². The van der Waals surface area contributed by atoms with E-state index in [1.807, 2.05) is 18.2 Å². The summed E-state index contributed by atoms with van der Waals surface area (Å²) in [6.07, 6.45) is 3.61. The average Bonchev–Trinajstić information content (AvgIpc) is 3.32. The predicted octanol–water partition coefficient (Wildman–Crippen LogP) is 5.76. The first-order chi connectivity index (χ1) is 13.2. The van der Waals surface area contributed by atoms with Crippen LogP contribution in [0.2, 0.25) is 0 Å². The van der Waals surface area contributed by atoms with Crippen molar-refractivity contribution in [2.75, 3.05) is 0 Å². The van der Waals surface area contributed by atoms with Crippen molar-refractivity contribution >= 4 is 34.0 Å². The fraction of sp³-hybridized carbons (Fsp3) is 0.286. The molecule has 1 aromatic carbocycles. The molecule has 1 aliphatic rings. The van der Waals surface area contributed by atoms with Crippen molar-refractivity contribution in [3.63, 3.8) is 0 Å². The molecule has 1 aliphatic carbocycles. The summed E-state index contributed by atoms with van der Waals surface area (Å²) in [5, 5.41) is 10.2. The van der Waals surface area contributed by atoms with Crippen LogP contribution in [0, 0.1) is 5.92 Å². The maximum Gasteiger partial charge on any atom is 0.277 e. The Bertz CT molecular complexity index is 1100. The van der Waals surface area contributed by atoms with Gasteiger partial charge < -0.3 is 4.42 Å². The second-order valence-corrected chi connectivity index (χ2v) is 9.13. The number of aryl methyl sites for hydroxylation is 1. The molecule has 27 heavy (non-hydrogen) atoms. The first kappa shape index (κ1) is 17.0. The Labute approximate surface area is 166 Å². The molecule has 136 valence electrons. The van der Waals surface area contributed by atoms with Crippen LogP contribution in [-0.4, -0.2) is 15.2 Å². The van der Waals surface area contributed by atoms with Crippen LogP contribution in [0.1, 0.15) is 29.5 Å². The highest BCUT2D eigenvalue weighted by Crippen LogP contribution is 2.37. The molecule has 3 heterocycles. The van der Waals surface area contributed by atoms with E-state index in [9.17, 15) is 0 Å². The number of thioether (sulfide) groups is 1. The topological polar surface area (TPSA) is 51.8 Å². The number of rotatable bonds is 4. The van der Waals surface area contributed by atoms with Gasteiger partial charge in [0.1, 0.15) is 0 Å². The highest BCUT2D eigenvalue weighted by atomic mass is 32.2. The van der Waals surface area contributed by atoms with Gasteiger partial charge in [-0.1, -0.05) is 43.0 Å². The molecule has 5 rings (SSSR count). The first-order valence-corrected chi connectivity index (χ1v) is 11.0. The zero-order chi connectivity index (χ0) is 18.2. The molecular formula is C21H19N3OS2. The Morgan fingerprint density at radius 2 is 2.11 bits per heavy atom. The Morgan fingerprint density at radius 3 is 3.07 bits per heavy atom. The van der Waals surface area contributed by atoms with E-state index in [2.05, 4.69) is 41.4 Å². The Morgan fingerprint density at radius 1 is 1.19 bits per heavy atom. The zero-order valence-corrected chi connectivity index (χ0v) is 16.6. The molecule has 4 aromatic rings. The Kier molecular flexibility index (Phi) is 4.45. The summed E-state index contributed by atoms with van der Waals surface area (Å²) < 4.78 is 5.91. The molecule has 0 saturated heterocycles. The van der Waals surface area contributed by atoms with E-state index in [-0.39, 0.29) is 0 Å². The number of aromatic nitrogens is 3. The number of nitrogens with zero attached hydrogens (tertiary/aromatic N) is 3. The van der Waals surface area contributed by atoms with Crippen LogP contribution in [-0.2, 0) is 18.6 Å². The van der Waals surface area contributed by atoms with Crippen LogP contribution in [0.5, 0.6) is 0 Å². The lowest BCUT2D eigenvalue weighted by atomic mass is 9.90. The summed E-state index contributed by atoms with van der Waals surface area (Å²) in [4.78, 5) is 7.27. The second kappa shape index (κ2) is 7.09. The van der Waals surface area contributed by atoms with E-state index in [4.69, 9.17) is 9.40 Å². The van der Waals surface area contributed by atoms with E-state index in [0.717, 1.165) is 33.8 Å². The Balaban J connectivity index is 1.30. The lowest BCUT2D eigenvalue weighted by molar-refractivity contribution is 0.466. The van der Waals surface area contributed by atoms with Crippen LogP contribution in [0.15, 0.2) is 52.1 Å². The summed E-state index contributed by atoms with van der Waals surface area (Å²) in [6.45, 7) is 2.32. The van der Waals surface area contributed by atoms with Crippen molar-refractivity contribution in [3.8, 4) is 10.8 Å². The van der Waals surface area contributed by atoms with Crippen LogP contribution in [0.25, 0.3) is 21.7 Å². The minimum absolute atomic E-state index is 0.597. The van der Waals surface area contributed by atoms with Gasteiger partial charge in [-0.3, -0.25) is 4.98 Å². The summed E-state index contributed by atoms with van der Waals surface area (Å²) in [6, 6.07) is 14.6. The maximum absolute atomic E-state index is 5.91. The number of hydrogen-bond donors (Lipinski definition) is 0. The third kappa shape index (κ3) is 3.51. The SMILES string of the molecule is C[C@@H]1CCc2sc(-c3nnc(SCc4ccc5ccccc5n4)o3)cc2C1. The fourth-order valence-corrected chi connectivity index (χ4v) is 5.30. The summed E-state index contributed by atoms with van der Waals surface area (Å²) in [5.74, 6) is 2.12. The minimum atomic E-state index is 0.597. The van der Waals surface area contributed by atoms with Gasteiger partial charge in [0.25, 0.3) is 11.1 Å². The third-order valence-electron chi connectivity index (χ3n) is 4.95. The monoisotopic (exact) mass is 393 g/mol. The standard InChI is InChI=1S/C21H19N3OS2/c1-13-6-9-18-15(10-13)11-19(27-18)20-23-24-21(25-20)26-12-16-8-7-14-4-2-3-5-17(14)22-16/h2-5,7-8,11,13H,6,9-10,12H2,1H3/t13-/m1/s1. The van der Waals surface area contributed by atoms with Crippen molar-refractivity contribution in [2.24, 2.45) is 5.92 Å². The molecule has 3 aromatic heterocycles. The van der Waals surface area contributed by atoms with Crippen molar-refractivity contribution < 1.29 is 4.42 Å². The molecule has 0 bridgehead atoms. The molecule has 0 saturated carbocycles. The number of hydrogen-bond acceptors (Lipinski definition) is 6. The van der Waals surface area contributed by atoms with Gasteiger partial charge in [-0.25, -0.2) is 0 Å². The number of thiophene rings is 1. The molecule has 0 spiro atoms. The lowest BCUT2D eigenvalue weighted by Crippen LogP contribution is -2.07. The van der Waals surface area contributed by atoms with Crippen molar-refractivity contribution in [3.05, 3.63) is 58.6 Å². The van der Waals surface area contributed by atoms with E-state index in [0.29, 0.717) is 16.9 Å². The van der Waals surface area contributed by atoms with E-state index >= 15 is 0 Å². The zero-order valence-electron chi connectivity index (χ0n) is 15.0. The molecule has 0 fully saturated rings. The fourth-order valence-electron chi connectivity index (χ4n) is 3.50. The van der Waals surface area contributed by atoms with Gasteiger partial charge in [-0.2, -0.15) is 0 Å². The predicted molar refractivity (Wildman–Crippen MR) is 110 cm³/mol. The van der Waals surface area contributed by atoms with Gasteiger partial charge >= 0.3 is 0 Å². The van der Waals surface area contributed by atoms with Gasteiger partial charge in [0.15, 0.2) is 0 Å². The van der Waals surface area contributed by atoms with Crippen LogP contribution < -0.4 is 0 Å². The van der Waals surface area contributed by atoms with Crippen molar-refractivity contribution in [2.45, 2.75) is 37.2 Å². The van der Waals surface area contributed by atoms with Crippen LogP contribution in [0.4, 0.5) is 0 Å². The van der Waals surface area contributed by atoms with E-state index in [1.54, 1.807) is 11.3 Å². The summed E-state index contributed by atoms with van der Waals surface area (Å²) >= 11 is 3.34. The smallest absolute Gasteiger partial charge is 0.277 e. The van der Waals surface area contributed by atoms with E-state index in [1.165, 1.54) is 35.0 Å². The first-order valence-electron chi connectivity index (χ1n) is 9.17. The molecule has 0 aliphatic heterocycles. The largest absolute Gasteiger partial charge is 0.410 e. The highest BCUT2D eigenvalue weighted by molar-refractivity contribution is 7.98. The second-order valence-electron chi connectivity index (χ2n) is 7.06. The lowest BCUT2D eigenvalue weighted by Gasteiger charge is -2.16. The quantitative estimate of drug-likeness (QED) is 0.412. The third-order valence-corrected chi connectivity index (χ3v) is 7.02. The number of pyridine rings is 1. The van der Waals surface area contributed by atoms with Gasteiger partial charge in [0.05, 0.1) is 16.1 Å². The molecule has 4 nitrogen and oxygen atoms in total. The molecule has 6 heteroatoms. The summed E-state index contributed by atoms with van der Waals surface area (Å²) in [7, 11) is 0. The highest BCUT2D eigenvalue weighted by Gasteiger charge is 2.21. The van der Waals surface area contributed by atoms with Crippen molar-refractivity contribution in [1.29, 1.82) is 0 Å². The Hall–Kier alpha value is -2.18. The molecule has 0 N–H and O–H groups in total. The molecule has 0 amide bonds. The minimum Gasteiger partial charge on any atom is -0.410 e. The number of benzene rings is 1. The van der Waals surface area contributed by atoms with Gasteiger partial charge in [0, 0.05) is 16.0 Å². The van der Waals surface area contributed by atoms with Crippen LogP contribution >= 0.6 is 23.1 Å². The van der Waals surface area contributed by atoms with Crippen molar-refractivity contribution in [1.82, 2.24) is 15.2 Å². The number of para-hydroxylation sites is 1. The van der Waals surface area contributed by atoms with Gasteiger partial charge in [-0.05, 0) is 48.9 Å². The average molecular weight is 394 g/mol. The van der Waals surface area contributed by atoms with Gasteiger partial charge in [0.2, 0.25) is 0 Å². The normalized spacial score (nSPS) is 16.6. The van der Waals surface area contributed by atoms with Gasteiger partial charge in [-0.15, -0.1) is 21.5 Å².